The van der Waals surface area contributed by atoms with Crippen LogP contribution in [0, 0.1) is 18.7 Å². The normalized spacial score (nSPS) is 16.1. The molecule has 4 aromatic carbocycles. The number of ether oxygens (including phenoxy) is 3. The first kappa shape index (κ1) is 44.2. The molecule has 334 valence electrons. The van der Waals surface area contributed by atoms with Crippen LogP contribution in [0.25, 0.3) is 43.2 Å². The zero-order chi connectivity index (χ0) is 45.0. The van der Waals surface area contributed by atoms with Crippen molar-refractivity contribution in [1.82, 2.24) is 29.7 Å². The molecule has 3 aromatic heterocycles. The van der Waals surface area contributed by atoms with E-state index in [-0.39, 0.29) is 24.7 Å². The highest BCUT2D eigenvalue weighted by Gasteiger charge is 2.29. The van der Waals surface area contributed by atoms with E-state index in [1.54, 1.807) is 31.5 Å². The number of methoxy groups -OCH3 is 1. The smallest absolute Gasteiger partial charge is 0.345 e. The number of hydrogen-bond acceptors (Lipinski definition) is 11. The van der Waals surface area contributed by atoms with Gasteiger partial charge in [0.25, 0.3) is 0 Å². The molecule has 7 aromatic rings. The number of piperidine rings is 1. The van der Waals surface area contributed by atoms with Gasteiger partial charge in [0.05, 0.1) is 23.8 Å². The summed E-state index contributed by atoms with van der Waals surface area (Å²) in [5, 5.41) is 12.1. The number of aromatic nitrogens is 4. The highest BCUT2D eigenvalue weighted by atomic mass is 35.5. The maximum absolute atomic E-state index is 14.3. The first-order valence-electron chi connectivity index (χ1n) is 22.0. The van der Waals surface area contributed by atoms with E-state index in [2.05, 4.69) is 43.8 Å². The number of nitrogens with zero attached hydrogens (tertiary/aromatic N) is 6. The van der Waals surface area contributed by atoms with Crippen LogP contribution in [-0.2, 0) is 30.9 Å². The van der Waals surface area contributed by atoms with E-state index >= 15 is 0 Å². The predicted octanol–water partition coefficient (Wildman–Crippen LogP) is 10.7. The van der Waals surface area contributed by atoms with Crippen LogP contribution in [0.2, 0.25) is 5.02 Å². The van der Waals surface area contributed by atoms with Crippen molar-refractivity contribution >= 4 is 39.1 Å². The fourth-order valence-electron chi connectivity index (χ4n) is 8.94. The third kappa shape index (κ3) is 9.69. The van der Waals surface area contributed by atoms with E-state index in [0.29, 0.717) is 56.9 Å². The zero-order valence-electron chi connectivity index (χ0n) is 36.6. The van der Waals surface area contributed by atoms with Crippen molar-refractivity contribution in [3.05, 3.63) is 136 Å². The lowest BCUT2D eigenvalue weighted by Gasteiger charge is -2.33. The standard InChI is InChI=1S/C51H50ClFN6O5S/c1-4-32-18-21-58(22-19-32)23-24-59-27-33-9-16-41(63-29-38-17-20-54-48(57-38)40-7-5-6-8-42(40)62-3)36(25-33)26-43(51(60)61)64-49-45-44(39-15-12-35(28-59)46(52)31(39)2)47(65-50(45)56-30-55-49)34-10-13-37(53)14-11-34/h5-17,20,25,30,32,43H,4,18-19,21-24,26-29H2,1-3H3,(H,60,61)/t43-/m1/s1. The summed E-state index contributed by atoms with van der Waals surface area (Å²) in [4.78, 5) is 38.2. The van der Waals surface area contributed by atoms with Gasteiger partial charge in [-0.05, 0) is 109 Å². The Bertz CT molecular complexity index is 2830. The molecule has 11 nitrogen and oxygen atoms in total. The Balaban J connectivity index is 1.13. The van der Waals surface area contributed by atoms with Gasteiger partial charge in [0.1, 0.15) is 35.1 Å². The lowest BCUT2D eigenvalue weighted by molar-refractivity contribution is -0.145. The molecule has 4 bridgehead atoms. The maximum atomic E-state index is 14.3. The van der Waals surface area contributed by atoms with Crippen molar-refractivity contribution in [3.8, 4) is 50.3 Å². The fourth-order valence-corrected chi connectivity index (χ4v) is 10.3. The van der Waals surface area contributed by atoms with E-state index < -0.39 is 12.1 Å². The summed E-state index contributed by atoms with van der Waals surface area (Å²) in [6.45, 7) is 9.42. The Morgan fingerprint density at radius 2 is 1.72 bits per heavy atom. The van der Waals surface area contributed by atoms with Gasteiger partial charge in [-0.1, -0.05) is 73.5 Å². The van der Waals surface area contributed by atoms with Gasteiger partial charge in [-0.3, -0.25) is 4.90 Å². The maximum Gasteiger partial charge on any atom is 0.345 e. The number of halogens is 2. The average Bonchev–Trinajstić information content (AvgIpc) is 3.72. The summed E-state index contributed by atoms with van der Waals surface area (Å²) >= 11 is 8.80. The molecular weight excluding hydrogens is 863 g/mol. The molecule has 0 amide bonds. The van der Waals surface area contributed by atoms with Crippen molar-refractivity contribution in [1.29, 1.82) is 0 Å². The molecule has 1 fully saturated rings. The molecule has 14 heteroatoms. The molecule has 1 saturated heterocycles. The largest absolute Gasteiger partial charge is 0.496 e. The van der Waals surface area contributed by atoms with Gasteiger partial charge in [-0.15, -0.1) is 11.3 Å². The zero-order valence-corrected chi connectivity index (χ0v) is 38.2. The molecule has 3 aliphatic heterocycles. The predicted molar refractivity (Wildman–Crippen MR) is 252 cm³/mol. The topological polar surface area (TPSA) is 123 Å². The number of rotatable bonds is 11. The minimum atomic E-state index is -1.37. The van der Waals surface area contributed by atoms with Crippen molar-refractivity contribution in [3.63, 3.8) is 0 Å². The van der Waals surface area contributed by atoms with Crippen LogP contribution in [0.3, 0.4) is 0 Å². The van der Waals surface area contributed by atoms with Crippen LogP contribution in [0.15, 0.2) is 97.5 Å². The van der Waals surface area contributed by atoms with Crippen LogP contribution >= 0.6 is 22.9 Å². The number of aliphatic carboxylic acids is 1. The first-order valence-corrected chi connectivity index (χ1v) is 23.2. The van der Waals surface area contributed by atoms with Gasteiger partial charge in [0.15, 0.2) is 5.82 Å². The summed E-state index contributed by atoms with van der Waals surface area (Å²) in [6, 6.07) is 25.8. The van der Waals surface area contributed by atoms with Crippen molar-refractivity contribution in [2.75, 3.05) is 33.3 Å². The van der Waals surface area contributed by atoms with Gasteiger partial charge in [0.2, 0.25) is 12.0 Å². The molecule has 0 radical (unpaired) electrons. The summed E-state index contributed by atoms with van der Waals surface area (Å²) in [5.41, 5.74) is 7.21. The van der Waals surface area contributed by atoms with Gasteiger partial charge in [0, 0.05) is 54.3 Å². The molecule has 0 aliphatic carbocycles. The summed E-state index contributed by atoms with van der Waals surface area (Å²) in [7, 11) is 1.61. The van der Waals surface area contributed by atoms with Crippen LogP contribution < -0.4 is 14.2 Å². The second kappa shape index (κ2) is 19.6. The van der Waals surface area contributed by atoms with Crippen molar-refractivity contribution in [2.45, 2.75) is 65.3 Å². The van der Waals surface area contributed by atoms with E-state index in [9.17, 15) is 14.3 Å². The summed E-state index contributed by atoms with van der Waals surface area (Å²) < 4.78 is 32.9. The Morgan fingerprint density at radius 3 is 2.51 bits per heavy atom. The molecule has 3 aliphatic rings. The lowest BCUT2D eigenvalue weighted by atomic mass is 9.94. The van der Waals surface area contributed by atoms with E-state index in [0.717, 1.165) is 75.9 Å². The van der Waals surface area contributed by atoms with Gasteiger partial charge in [-0.25, -0.2) is 29.1 Å². The molecule has 0 unspecified atom stereocenters. The number of benzene rings is 4. The van der Waals surface area contributed by atoms with E-state index in [1.807, 2.05) is 49.4 Å². The van der Waals surface area contributed by atoms with Gasteiger partial charge >= 0.3 is 5.97 Å². The number of fused-ring (bicyclic) bond motifs is 6. The number of hydrogen-bond donors (Lipinski definition) is 1. The second-order valence-corrected chi connectivity index (χ2v) is 18.1. The number of carboxylic acids is 1. The molecule has 1 N–H and O–H groups in total. The van der Waals surface area contributed by atoms with Gasteiger partial charge in [-0.2, -0.15) is 0 Å². The van der Waals surface area contributed by atoms with Crippen molar-refractivity contribution in [2.24, 2.45) is 5.92 Å². The SMILES string of the molecule is CCC1CCN(CCN2Cc3ccc(OCc4ccnc(-c5ccccc5OC)n4)c(c3)C[C@H](C(=O)O)Oc3ncnc4sc(-c5ccc(F)cc5)c(c34)-c3ccc(c(Cl)c3C)C2)CC1. The van der Waals surface area contributed by atoms with E-state index in [1.165, 1.54) is 49.1 Å². The monoisotopic (exact) mass is 912 g/mol. The highest BCUT2D eigenvalue weighted by Crippen LogP contribution is 2.49. The lowest BCUT2D eigenvalue weighted by Crippen LogP contribution is -2.39. The van der Waals surface area contributed by atoms with Crippen LogP contribution in [0.4, 0.5) is 4.39 Å². The number of para-hydroxylation sites is 1. The Hall–Kier alpha value is -5.99. The third-order valence-corrected chi connectivity index (χ3v) is 14.3. The van der Waals surface area contributed by atoms with Gasteiger partial charge < -0.3 is 24.2 Å². The first-order chi connectivity index (χ1) is 31.6. The number of likely N-dealkylation sites (tertiary alicyclic amines) is 1. The van der Waals surface area contributed by atoms with Crippen LogP contribution in [-0.4, -0.2) is 80.2 Å². The second-order valence-electron chi connectivity index (χ2n) is 16.7. The summed E-state index contributed by atoms with van der Waals surface area (Å²) in [6.07, 6.45) is 5.30. The molecule has 6 heterocycles. The Kier molecular flexibility index (Phi) is 13.4. The minimum Gasteiger partial charge on any atom is -0.496 e. The fraction of sp³-hybridized carbons (Fsp3) is 0.314. The average molecular weight is 914 g/mol. The number of thiophene rings is 1. The van der Waals surface area contributed by atoms with Crippen LogP contribution in [0.1, 0.15) is 54.1 Å². The Labute approximate surface area is 386 Å². The molecule has 10 rings (SSSR count). The summed E-state index contributed by atoms with van der Waals surface area (Å²) in [5.74, 6) is 1.03. The molecule has 65 heavy (non-hydrogen) atoms. The quantitative estimate of drug-likeness (QED) is 0.133. The highest BCUT2D eigenvalue weighted by molar-refractivity contribution is 7.22. The van der Waals surface area contributed by atoms with Crippen LogP contribution in [0.5, 0.6) is 17.4 Å². The molecule has 0 saturated carbocycles. The molecule has 0 spiro atoms. The molecule has 1 atom stereocenters. The van der Waals surface area contributed by atoms with E-state index in [4.69, 9.17) is 30.8 Å². The van der Waals surface area contributed by atoms with Crippen molar-refractivity contribution < 1.29 is 28.5 Å². The Morgan fingerprint density at radius 1 is 0.923 bits per heavy atom. The third-order valence-electron chi connectivity index (χ3n) is 12.6. The molecular formula is C51H50ClFN6O5S. The minimum absolute atomic E-state index is 0.0322. The number of carboxylic acid groups (broad SMARTS) is 1. The number of carbonyl (C=O) groups is 1.